The molecule has 0 unspecified atom stereocenters. The predicted molar refractivity (Wildman–Crippen MR) is 94.3 cm³/mol. The fourth-order valence-corrected chi connectivity index (χ4v) is 3.17. The number of hydrogen-bond acceptors (Lipinski definition) is 4. The second-order valence-corrected chi connectivity index (χ2v) is 7.16. The van der Waals surface area contributed by atoms with E-state index in [-0.39, 0.29) is 18.6 Å². The molecule has 1 aromatic carbocycles. The third kappa shape index (κ3) is 3.65. The van der Waals surface area contributed by atoms with Crippen LogP contribution in [-0.4, -0.2) is 29.5 Å². The van der Waals surface area contributed by atoms with Crippen LogP contribution >= 0.6 is 0 Å². The lowest BCUT2D eigenvalue weighted by atomic mass is 10.1. The Balaban J connectivity index is 1.48. The highest BCUT2D eigenvalue weighted by atomic mass is 16.5. The van der Waals surface area contributed by atoms with E-state index in [0.29, 0.717) is 17.4 Å². The Kier molecular flexibility index (Phi) is 4.15. The molecule has 1 N–H and O–H groups in total. The third-order valence-corrected chi connectivity index (χ3v) is 5.00. The largest absolute Gasteiger partial charge is 0.452 e. The van der Waals surface area contributed by atoms with E-state index < -0.39 is 5.97 Å². The quantitative estimate of drug-likeness (QED) is 0.822. The van der Waals surface area contributed by atoms with E-state index in [2.05, 4.69) is 10.3 Å². The topological polar surface area (TPSA) is 68.3 Å². The van der Waals surface area contributed by atoms with Crippen LogP contribution in [-0.2, 0) is 9.53 Å². The number of pyridine rings is 1. The smallest absolute Gasteiger partial charge is 0.339 e. The summed E-state index contributed by atoms with van der Waals surface area (Å²) in [5.41, 5.74) is 2.23. The standard InChI is InChI=1S/C20H22N2O3/c1-12(13-6-7-13)21-19(23)11-25-20(24)16-10-18(14-8-9-14)22-17-5-3-2-4-15(16)17/h2-5,10,12-14H,6-9,11H2,1H3,(H,21,23)/t12-/m1/s1. The van der Waals surface area contributed by atoms with Crippen molar-refractivity contribution in [2.75, 3.05) is 6.61 Å². The summed E-state index contributed by atoms with van der Waals surface area (Å²) in [6, 6.07) is 9.53. The number of esters is 1. The van der Waals surface area contributed by atoms with Crippen molar-refractivity contribution in [2.45, 2.75) is 44.6 Å². The summed E-state index contributed by atoms with van der Waals surface area (Å²) in [4.78, 5) is 29.2. The van der Waals surface area contributed by atoms with Crippen LogP contribution in [0.2, 0.25) is 0 Å². The van der Waals surface area contributed by atoms with Gasteiger partial charge in [-0.1, -0.05) is 18.2 Å². The van der Waals surface area contributed by atoms with Gasteiger partial charge in [0.2, 0.25) is 0 Å². The zero-order valence-electron chi connectivity index (χ0n) is 14.3. The van der Waals surface area contributed by atoms with Crippen LogP contribution in [0.3, 0.4) is 0 Å². The highest BCUT2D eigenvalue weighted by Crippen LogP contribution is 2.40. The minimum atomic E-state index is -0.463. The molecule has 130 valence electrons. The van der Waals surface area contributed by atoms with Crippen molar-refractivity contribution in [3.63, 3.8) is 0 Å². The van der Waals surface area contributed by atoms with Gasteiger partial charge in [-0.25, -0.2) is 4.79 Å². The average Bonchev–Trinajstić information content (AvgIpc) is 3.50. The highest BCUT2D eigenvalue weighted by Gasteiger charge is 2.29. The molecule has 2 aromatic rings. The first-order chi connectivity index (χ1) is 12.1. The van der Waals surface area contributed by atoms with Gasteiger partial charge in [0.05, 0.1) is 11.1 Å². The van der Waals surface area contributed by atoms with Crippen molar-refractivity contribution < 1.29 is 14.3 Å². The number of ether oxygens (including phenoxy) is 1. The molecule has 4 rings (SSSR count). The van der Waals surface area contributed by atoms with Crippen LogP contribution in [0.4, 0.5) is 0 Å². The molecule has 1 amide bonds. The zero-order chi connectivity index (χ0) is 17.4. The maximum Gasteiger partial charge on any atom is 0.339 e. The molecule has 2 fully saturated rings. The Labute approximate surface area is 146 Å². The Bertz CT molecular complexity index is 825. The Hall–Kier alpha value is -2.43. The second kappa shape index (κ2) is 6.47. The van der Waals surface area contributed by atoms with Crippen LogP contribution in [0.25, 0.3) is 10.9 Å². The second-order valence-electron chi connectivity index (χ2n) is 7.16. The average molecular weight is 338 g/mol. The van der Waals surface area contributed by atoms with Crippen molar-refractivity contribution in [3.05, 3.63) is 41.6 Å². The number of nitrogens with one attached hydrogen (secondary N) is 1. The van der Waals surface area contributed by atoms with Crippen molar-refractivity contribution in [3.8, 4) is 0 Å². The summed E-state index contributed by atoms with van der Waals surface area (Å²) in [6.45, 7) is 1.75. The van der Waals surface area contributed by atoms with Gasteiger partial charge in [-0.15, -0.1) is 0 Å². The molecule has 2 aliphatic carbocycles. The molecule has 5 heteroatoms. The summed E-state index contributed by atoms with van der Waals surface area (Å²) in [5.74, 6) is 0.312. The van der Waals surface area contributed by atoms with E-state index in [0.717, 1.165) is 42.3 Å². The van der Waals surface area contributed by atoms with E-state index >= 15 is 0 Å². The Morgan fingerprint density at radius 1 is 1.24 bits per heavy atom. The van der Waals surface area contributed by atoms with Gasteiger partial charge < -0.3 is 10.1 Å². The van der Waals surface area contributed by atoms with Crippen LogP contribution in [0.1, 0.15) is 54.6 Å². The number of nitrogens with zero attached hydrogens (tertiary/aromatic N) is 1. The molecule has 1 heterocycles. The third-order valence-electron chi connectivity index (χ3n) is 5.00. The molecule has 0 spiro atoms. The van der Waals surface area contributed by atoms with Crippen LogP contribution in [0.5, 0.6) is 0 Å². The molecule has 25 heavy (non-hydrogen) atoms. The number of fused-ring (bicyclic) bond motifs is 1. The minimum absolute atomic E-state index is 0.148. The first-order valence-corrected chi connectivity index (χ1v) is 8.98. The normalized spacial score (nSPS) is 18.0. The molecular weight excluding hydrogens is 316 g/mol. The molecular formula is C20H22N2O3. The van der Waals surface area contributed by atoms with E-state index in [1.54, 1.807) is 0 Å². The van der Waals surface area contributed by atoms with Gasteiger partial charge in [0, 0.05) is 23.0 Å². The van der Waals surface area contributed by atoms with Gasteiger partial charge in [-0.2, -0.15) is 0 Å². The number of amides is 1. The number of rotatable bonds is 6. The summed E-state index contributed by atoms with van der Waals surface area (Å²) in [7, 11) is 0. The Morgan fingerprint density at radius 2 is 2.00 bits per heavy atom. The molecule has 2 saturated carbocycles. The lowest BCUT2D eigenvalue weighted by Gasteiger charge is -2.13. The van der Waals surface area contributed by atoms with E-state index in [1.165, 1.54) is 0 Å². The molecule has 1 atom stereocenters. The van der Waals surface area contributed by atoms with Gasteiger partial charge in [0.1, 0.15) is 0 Å². The zero-order valence-corrected chi connectivity index (χ0v) is 14.3. The van der Waals surface area contributed by atoms with E-state index in [4.69, 9.17) is 4.74 Å². The molecule has 2 aliphatic rings. The highest BCUT2D eigenvalue weighted by molar-refractivity contribution is 6.04. The number of benzene rings is 1. The number of aromatic nitrogens is 1. The molecule has 0 aliphatic heterocycles. The molecule has 1 aromatic heterocycles. The number of para-hydroxylation sites is 1. The SMILES string of the molecule is C[C@@H](NC(=O)COC(=O)c1cc(C2CC2)nc2ccccc12)C1CC1. The minimum Gasteiger partial charge on any atom is -0.452 e. The summed E-state index contributed by atoms with van der Waals surface area (Å²) >= 11 is 0. The van der Waals surface area contributed by atoms with Gasteiger partial charge in [-0.05, 0) is 50.7 Å². The van der Waals surface area contributed by atoms with Crippen molar-refractivity contribution >= 4 is 22.8 Å². The van der Waals surface area contributed by atoms with Crippen LogP contribution < -0.4 is 5.32 Å². The predicted octanol–water partition coefficient (Wildman–Crippen LogP) is 3.18. The first-order valence-electron chi connectivity index (χ1n) is 8.98. The van der Waals surface area contributed by atoms with Crippen molar-refractivity contribution in [1.82, 2.24) is 10.3 Å². The van der Waals surface area contributed by atoms with Crippen LogP contribution in [0.15, 0.2) is 30.3 Å². The molecule has 5 nitrogen and oxygen atoms in total. The summed E-state index contributed by atoms with van der Waals surface area (Å²) < 4.78 is 5.28. The fraction of sp³-hybridized carbons (Fsp3) is 0.450. The maximum absolute atomic E-state index is 12.6. The molecule has 0 radical (unpaired) electrons. The number of hydrogen-bond donors (Lipinski definition) is 1. The van der Waals surface area contributed by atoms with Crippen LogP contribution in [0, 0.1) is 5.92 Å². The molecule has 0 bridgehead atoms. The summed E-state index contributed by atoms with van der Waals surface area (Å²) in [5, 5.41) is 3.66. The lowest BCUT2D eigenvalue weighted by molar-refractivity contribution is -0.124. The van der Waals surface area contributed by atoms with Gasteiger partial charge >= 0.3 is 5.97 Å². The van der Waals surface area contributed by atoms with Gasteiger partial charge in [0.25, 0.3) is 5.91 Å². The molecule has 0 saturated heterocycles. The van der Waals surface area contributed by atoms with Crippen molar-refractivity contribution in [2.24, 2.45) is 5.92 Å². The van der Waals surface area contributed by atoms with Gasteiger partial charge in [-0.3, -0.25) is 9.78 Å². The maximum atomic E-state index is 12.6. The Morgan fingerprint density at radius 3 is 2.72 bits per heavy atom. The van der Waals surface area contributed by atoms with Gasteiger partial charge in [0.15, 0.2) is 6.61 Å². The first kappa shape index (κ1) is 16.1. The van der Waals surface area contributed by atoms with Crippen molar-refractivity contribution in [1.29, 1.82) is 0 Å². The van der Waals surface area contributed by atoms with E-state index in [1.807, 2.05) is 37.3 Å². The van der Waals surface area contributed by atoms with E-state index in [9.17, 15) is 9.59 Å². The summed E-state index contributed by atoms with van der Waals surface area (Å²) in [6.07, 6.45) is 4.55. The fourth-order valence-electron chi connectivity index (χ4n) is 3.17. The lowest BCUT2D eigenvalue weighted by Crippen LogP contribution is -2.37. The number of carbonyl (C=O) groups excluding carboxylic acids is 2. The number of carbonyl (C=O) groups is 2. The monoisotopic (exact) mass is 338 g/mol.